The Bertz CT molecular complexity index is 1360. The first-order valence-corrected chi connectivity index (χ1v) is 9.69. The van der Waals surface area contributed by atoms with E-state index in [4.69, 9.17) is 14.5 Å². The van der Waals surface area contributed by atoms with E-state index in [1.54, 1.807) is 51.4 Å². The van der Waals surface area contributed by atoms with Crippen LogP contribution in [0, 0.1) is 0 Å². The minimum Gasteiger partial charge on any atom is -0.506 e. The number of nitrogens with zero attached hydrogens (tertiary/aromatic N) is 3. The van der Waals surface area contributed by atoms with Crippen LogP contribution in [0.5, 0.6) is 11.5 Å². The van der Waals surface area contributed by atoms with Gasteiger partial charge in [-0.05, 0) is 13.0 Å². The van der Waals surface area contributed by atoms with Crippen molar-refractivity contribution in [3.8, 4) is 11.5 Å². The third-order valence-corrected chi connectivity index (χ3v) is 5.01. The van der Waals surface area contributed by atoms with Gasteiger partial charge in [-0.1, -0.05) is 24.3 Å². The number of aromatic nitrogens is 2. The number of methoxy groups -OCH3 is 1. The van der Waals surface area contributed by atoms with E-state index in [0.29, 0.717) is 38.6 Å². The molecule has 0 saturated heterocycles. The molecule has 0 aliphatic heterocycles. The number of carbonyl (C=O) groups excluding carboxylic acids is 2. The molecule has 0 saturated carbocycles. The van der Waals surface area contributed by atoms with Gasteiger partial charge in [0, 0.05) is 30.9 Å². The van der Waals surface area contributed by atoms with E-state index in [9.17, 15) is 14.7 Å². The van der Waals surface area contributed by atoms with Crippen molar-refractivity contribution in [2.24, 2.45) is 0 Å². The number of ether oxygens (including phenoxy) is 2. The van der Waals surface area contributed by atoms with E-state index in [2.05, 4.69) is 4.98 Å². The van der Waals surface area contributed by atoms with Crippen LogP contribution < -0.4 is 4.74 Å². The van der Waals surface area contributed by atoms with Crippen LogP contribution >= 0.6 is 0 Å². The Hall–Kier alpha value is -3.94. The minimum absolute atomic E-state index is 0.0544. The molecule has 1 aromatic heterocycles. The molecule has 1 heterocycles. The summed E-state index contributed by atoms with van der Waals surface area (Å²) >= 11 is 0. The van der Waals surface area contributed by atoms with Crippen molar-refractivity contribution in [2.45, 2.75) is 6.92 Å². The highest BCUT2D eigenvalue weighted by Gasteiger charge is 2.24. The number of esters is 1. The lowest BCUT2D eigenvalue weighted by Gasteiger charge is -2.15. The van der Waals surface area contributed by atoms with Crippen molar-refractivity contribution in [2.75, 3.05) is 27.8 Å². The number of fused-ring (bicyclic) bond motifs is 4. The van der Waals surface area contributed by atoms with Gasteiger partial charge in [0.25, 0.3) is 5.91 Å². The van der Waals surface area contributed by atoms with Gasteiger partial charge in [-0.3, -0.25) is 4.79 Å². The monoisotopic (exact) mass is 419 g/mol. The van der Waals surface area contributed by atoms with E-state index in [0.717, 1.165) is 0 Å². The average molecular weight is 419 g/mol. The van der Waals surface area contributed by atoms with Crippen LogP contribution in [-0.4, -0.2) is 59.7 Å². The molecular formula is C23H21N3O5. The highest BCUT2D eigenvalue weighted by atomic mass is 16.5. The summed E-state index contributed by atoms with van der Waals surface area (Å²) in [6, 6.07) is 10.3. The SMILES string of the molecule is CCOC(=O)c1c(O)c2ccccc2c2nc3cc(OC)c(C(=O)N(C)C)cc3nc12. The zero-order chi connectivity index (χ0) is 22.3. The van der Waals surface area contributed by atoms with Crippen LogP contribution in [0.3, 0.4) is 0 Å². The maximum atomic E-state index is 12.7. The number of rotatable bonds is 4. The summed E-state index contributed by atoms with van der Waals surface area (Å²) in [7, 11) is 4.76. The summed E-state index contributed by atoms with van der Waals surface area (Å²) in [6.07, 6.45) is 0. The quantitative estimate of drug-likeness (QED) is 0.307. The first kappa shape index (κ1) is 20.3. The molecule has 8 nitrogen and oxygen atoms in total. The number of phenolic OH excluding ortho intramolecular Hbond substituents is 1. The number of hydrogen-bond donors (Lipinski definition) is 1. The molecule has 31 heavy (non-hydrogen) atoms. The lowest BCUT2D eigenvalue weighted by Crippen LogP contribution is -2.22. The zero-order valence-corrected chi connectivity index (χ0v) is 17.6. The van der Waals surface area contributed by atoms with Crippen LogP contribution in [0.4, 0.5) is 0 Å². The number of hydrogen-bond acceptors (Lipinski definition) is 7. The van der Waals surface area contributed by atoms with Gasteiger partial charge in [0.2, 0.25) is 0 Å². The number of phenols is 1. The molecule has 4 aromatic rings. The molecule has 0 spiro atoms. The Morgan fingerprint density at radius 2 is 1.68 bits per heavy atom. The fourth-order valence-electron chi connectivity index (χ4n) is 3.56. The lowest BCUT2D eigenvalue weighted by atomic mass is 10.0. The number of carbonyl (C=O) groups is 2. The normalized spacial score (nSPS) is 11.1. The molecule has 0 aliphatic rings. The predicted octanol–water partition coefficient (Wildman–Crippen LogP) is 3.53. The Labute approximate surface area is 178 Å². The van der Waals surface area contributed by atoms with E-state index in [-0.39, 0.29) is 29.3 Å². The molecule has 0 atom stereocenters. The summed E-state index contributed by atoms with van der Waals surface area (Å²) in [5.41, 5.74) is 1.79. The summed E-state index contributed by atoms with van der Waals surface area (Å²) in [5, 5.41) is 12.0. The Balaban J connectivity index is 2.14. The van der Waals surface area contributed by atoms with Gasteiger partial charge >= 0.3 is 5.97 Å². The third-order valence-electron chi connectivity index (χ3n) is 5.01. The molecule has 4 rings (SSSR count). The van der Waals surface area contributed by atoms with Crippen LogP contribution in [-0.2, 0) is 4.74 Å². The summed E-state index contributed by atoms with van der Waals surface area (Å²) < 4.78 is 10.6. The van der Waals surface area contributed by atoms with Gasteiger partial charge in [0.1, 0.15) is 22.6 Å². The van der Waals surface area contributed by atoms with E-state index in [1.165, 1.54) is 12.0 Å². The molecule has 0 aliphatic carbocycles. The van der Waals surface area contributed by atoms with E-state index in [1.807, 2.05) is 6.07 Å². The fourth-order valence-corrected chi connectivity index (χ4v) is 3.56. The molecule has 158 valence electrons. The highest BCUT2D eigenvalue weighted by molar-refractivity contribution is 6.18. The van der Waals surface area contributed by atoms with Crippen LogP contribution in [0.15, 0.2) is 36.4 Å². The molecule has 0 unspecified atom stereocenters. The molecule has 0 fully saturated rings. The van der Waals surface area contributed by atoms with Gasteiger partial charge in [0.05, 0.1) is 35.8 Å². The van der Waals surface area contributed by atoms with Crippen LogP contribution in [0.2, 0.25) is 0 Å². The molecule has 0 bridgehead atoms. The summed E-state index contributed by atoms with van der Waals surface area (Å²) in [5.74, 6) is -0.794. The topological polar surface area (TPSA) is 102 Å². The number of amides is 1. The Morgan fingerprint density at radius 3 is 2.32 bits per heavy atom. The maximum absolute atomic E-state index is 12.7. The smallest absolute Gasteiger partial charge is 0.344 e. The van der Waals surface area contributed by atoms with Gasteiger partial charge < -0.3 is 19.5 Å². The van der Waals surface area contributed by atoms with Gasteiger partial charge in [-0.15, -0.1) is 0 Å². The summed E-state index contributed by atoms with van der Waals surface area (Å²) in [6.45, 7) is 1.83. The van der Waals surface area contributed by atoms with Crippen LogP contribution in [0.25, 0.3) is 32.8 Å². The molecular weight excluding hydrogens is 398 g/mol. The van der Waals surface area contributed by atoms with E-state index < -0.39 is 5.97 Å². The number of benzene rings is 3. The fraction of sp³-hybridized carbons (Fsp3) is 0.217. The van der Waals surface area contributed by atoms with Crippen LogP contribution in [0.1, 0.15) is 27.6 Å². The number of aromatic hydroxyl groups is 1. The first-order chi connectivity index (χ1) is 14.9. The second-order valence-electron chi connectivity index (χ2n) is 7.15. The molecule has 1 N–H and O–H groups in total. The standard InChI is InChI=1S/C23H21N3O5/c1-5-31-23(29)18-20-19(12-8-6-7-9-13(12)21(18)27)24-16-11-17(30-4)14(10-15(16)25-20)22(28)26(2)3/h6-11,27H,5H2,1-4H3. The van der Waals surface area contributed by atoms with Crippen molar-refractivity contribution in [1.82, 2.24) is 14.9 Å². The van der Waals surface area contributed by atoms with Gasteiger partial charge in [-0.25, -0.2) is 14.8 Å². The highest BCUT2D eigenvalue weighted by Crippen LogP contribution is 2.37. The lowest BCUT2D eigenvalue weighted by molar-refractivity contribution is 0.0525. The molecule has 0 radical (unpaired) electrons. The molecule has 3 aromatic carbocycles. The van der Waals surface area contributed by atoms with Crippen molar-refractivity contribution < 1.29 is 24.2 Å². The van der Waals surface area contributed by atoms with Crippen molar-refractivity contribution in [3.05, 3.63) is 47.5 Å². The Morgan fingerprint density at radius 1 is 1.03 bits per heavy atom. The molecule has 1 amide bonds. The van der Waals surface area contributed by atoms with Crippen molar-refractivity contribution in [3.63, 3.8) is 0 Å². The summed E-state index contributed by atoms with van der Waals surface area (Å²) in [4.78, 5) is 36.1. The van der Waals surface area contributed by atoms with Gasteiger partial charge in [0.15, 0.2) is 0 Å². The average Bonchev–Trinajstić information content (AvgIpc) is 2.77. The predicted molar refractivity (Wildman–Crippen MR) is 117 cm³/mol. The molecule has 8 heteroatoms. The minimum atomic E-state index is -0.692. The maximum Gasteiger partial charge on any atom is 0.344 e. The third kappa shape index (κ3) is 3.26. The first-order valence-electron chi connectivity index (χ1n) is 9.69. The second-order valence-corrected chi connectivity index (χ2v) is 7.15. The van der Waals surface area contributed by atoms with Crippen molar-refractivity contribution in [1.29, 1.82) is 0 Å². The Kier molecular flexibility index (Phi) is 5.06. The van der Waals surface area contributed by atoms with Crippen molar-refractivity contribution >= 4 is 44.7 Å². The second kappa shape index (κ2) is 7.71. The van der Waals surface area contributed by atoms with E-state index >= 15 is 0 Å². The zero-order valence-electron chi connectivity index (χ0n) is 17.6. The largest absolute Gasteiger partial charge is 0.506 e. The van der Waals surface area contributed by atoms with Gasteiger partial charge in [-0.2, -0.15) is 0 Å².